The Balaban J connectivity index is 1.83. The summed E-state index contributed by atoms with van der Waals surface area (Å²) >= 11 is 1.18. The fourth-order valence-electron chi connectivity index (χ4n) is 2.47. The van der Waals surface area contributed by atoms with Crippen LogP contribution in [0.5, 0.6) is 0 Å². The average Bonchev–Trinajstić information content (AvgIpc) is 2.99. The zero-order chi connectivity index (χ0) is 17.2. The van der Waals surface area contributed by atoms with Crippen LogP contribution in [0.25, 0.3) is 0 Å². The van der Waals surface area contributed by atoms with Gasteiger partial charge in [0.2, 0.25) is 10.0 Å². The third kappa shape index (κ3) is 3.51. The molecule has 0 unspecified atom stereocenters. The predicted molar refractivity (Wildman–Crippen MR) is 93.0 cm³/mol. The van der Waals surface area contributed by atoms with Crippen molar-refractivity contribution in [1.82, 2.24) is 4.31 Å². The lowest BCUT2D eigenvalue weighted by Gasteiger charge is -2.25. The number of nitrogens with zero attached hydrogens (tertiary/aromatic N) is 1. The molecular weight excluding hydrogens is 348 g/mol. The molecule has 0 aliphatic carbocycles. The van der Waals surface area contributed by atoms with Crippen molar-refractivity contribution in [2.24, 2.45) is 0 Å². The number of sulfonamides is 1. The standard InChI is InChI=1S/C16H18N2O4S2/c1-12-15(24(20,21)18-7-9-22-10-8-18)11-14(23-12)16(19)17-13-5-3-2-4-6-13/h2-6,11H,7-10H2,1H3,(H,17,19). The molecule has 1 aromatic carbocycles. The third-order valence-corrected chi connectivity index (χ3v) is 6.92. The molecule has 24 heavy (non-hydrogen) atoms. The van der Waals surface area contributed by atoms with E-state index in [0.717, 1.165) is 0 Å². The number of thiophene rings is 1. The summed E-state index contributed by atoms with van der Waals surface area (Å²) in [6, 6.07) is 10.5. The summed E-state index contributed by atoms with van der Waals surface area (Å²) in [5.74, 6) is -0.308. The maximum absolute atomic E-state index is 12.7. The number of hydrogen-bond acceptors (Lipinski definition) is 5. The van der Waals surface area contributed by atoms with Crippen LogP contribution in [-0.2, 0) is 14.8 Å². The van der Waals surface area contributed by atoms with Gasteiger partial charge in [-0.25, -0.2) is 8.42 Å². The molecule has 2 aromatic rings. The van der Waals surface area contributed by atoms with Crippen LogP contribution in [-0.4, -0.2) is 44.9 Å². The Morgan fingerprint density at radius 3 is 2.54 bits per heavy atom. The summed E-state index contributed by atoms with van der Waals surface area (Å²) in [5, 5.41) is 2.77. The summed E-state index contributed by atoms with van der Waals surface area (Å²) in [4.78, 5) is 13.5. The Kier molecular flexibility index (Phi) is 5.00. The van der Waals surface area contributed by atoms with E-state index in [1.807, 2.05) is 18.2 Å². The minimum absolute atomic E-state index is 0.201. The van der Waals surface area contributed by atoms with Crippen LogP contribution in [0.1, 0.15) is 14.5 Å². The van der Waals surface area contributed by atoms with Crippen molar-refractivity contribution in [3.05, 3.63) is 46.2 Å². The molecule has 8 heteroatoms. The summed E-state index contributed by atoms with van der Waals surface area (Å²) < 4.78 is 32.1. The number of aryl methyl sites for hydroxylation is 1. The highest BCUT2D eigenvalue weighted by atomic mass is 32.2. The largest absolute Gasteiger partial charge is 0.379 e. The predicted octanol–water partition coefficient (Wildman–Crippen LogP) is 2.33. The van der Waals surface area contributed by atoms with Gasteiger partial charge in [0.1, 0.15) is 0 Å². The summed E-state index contributed by atoms with van der Waals surface area (Å²) in [5.41, 5.74) is 0.672. The molecule has 0 atom stereocenters. The van der Waals surface area contributed by atoms with Crippen LogP contribution in [0.2, 0.25) is 0 Å². The second-order valence-corrected chi connectivity index (χ2v) is 8.53. The molecule has 1 fully saturated rings. The number of anilines is 1. The van der Waals surface area contributed by atoms with Gasteiger partial charge in [-0.3, -0.25) is 4.79 Å². The summed E-state index contributed by atoms with van der Waals surface area (Å²) in [7, 11) is -3.59. The van der Waals surface area contributed by atoms with E-state index in [0.29, 0.717) is 41.7 Å². The number of nitrogens with one attached hydrogen (secondary N) is 1. The Morgan fingerprint density at radius 1 is 1.21 bits per heavy atom. The molecule has 0 radical (unpaired) electrons. The fraction of sp³-hybridized carbons (Fsp3) is 0.312. The van der Waals surface area contributed by atoms with Crippen molar-refractivity contribution in [3.8, 4) is 0 Å². The van der Waals surface area contributed by atoms with Crippen LogP contribution in [0, 0.1) is 6.92 Å². The Labute approximate surface area is 145 Å². The quantitative estimate of drug-likeness (QED) is 0.901. The molecule has 1 N–H and O–H groups in total. The normalized spacial score (nSPS) is 16.0. The van der Waals surface area contributed by atoms with Crippen LogP contribution < -0.4 is 5.32 Å². The van der Waals surface area contributed by atoms with E-state index in [1.54, 1.807) is 19.1 Å². The van der Waals surface area contributed by atoms with Gasteiger partial charge in [0.25, 0.3) is 5.91 Å². The van der Waals surface area contributed by atoms with E-state index >= 15 is 0 Å². The lowest BCUT2D eigenvalue weighted by atomic mass is 10.3. The molecule has 1 aliphatic rings. The molecule has 1 aliphatic heterocycles. The zero-order valence-corrected chi connectivity index (χ0v) is 14.8. The average molecular weight is 366 g/mol. The summed E-state index contributed by atoms with van der Waals surface area (Å²) in [6.45, 7) is 3.18. The second-order valence-electron chi connectivity index (χ2n) is 5.37. The molecule has 128 valence electrons. The maximum atomic E-state index is 12.7. The number of benzene rings is 1. The first-order valence-corrected chi connectivity index (χ1v) is 9.79. The Hall–Kier alpha value is -1.74. The van der Waals surface area contributed by atoms with Crippen molar-refractivity contribution in [2.75, 3.05) is 31.6 Å². The van der Waals surface area contributed by atoms with Crippen LogP contribution in [0.4, 0.5) is 5.69 Å². The highest BCUT2D eigenvalue weighted by Gasteiger charge is 2.30. The zero-order valence-electron chi connectivity index (χ0n) is 13.2. The highest BCUT2D eigenvalue weighted by molar-refractivity contribution is 7.89. The lowest BCUT2D eigenvalue weighted by Crippen LogP contribution is -2.40. The molecule has 2 heterocycles. The van der Waals surface area contributed by atoms with E-state index in [9.17, 15) is 13.2 Å². The number of hydrogen-bond donors (Lipinski definition) is 1. The number of carbonyl (C=O) groups is 1. The lowest BCUT2D eigenvalue weighted by molar-refractivity contribution is 0.0730. The van der Waals surface area contributed by atoms with Crippen molar-refractivity contribution >= 4 is 33.0 Å². The number of morpholine rings is 1. The van der Waals surface area contributed by atoms with Gasteiger partial charge < -0.3 is 10.1 Å². The number of ether oxygens (including phenoxy) is 1. The van der Waals surface area contributed by atoms with Gasteiger partial charge in [-0.1, -0.05) is 18.2 Å². The van der Waals surface area contributed by atoms with Crippen LogP contribution in [0.15, 0.2) is 41.3 Å². The first kappa shape index (κ1) is 17.1. The third-order valence-electron chi connectivity index (χ3n) is 3.72. The summed E-state index contributed by atoms with van der Waals surface area (Å²) in [6.07, 6.45) is 0. The maximum Gasteiger partial charge on any atom is 0.265 e. The topological polar surface area (TPSA) is 75.7 Å². The van der Waals surface area contributed by atoms with E-state index in [2.05, 4.69) is 5.32 Å². The van der Waals surface area contributed by atoms with Gasteiger partial charge in [-0.2, -0.15) is 4.31 Å². The monoisotopic (exact) mass is 366 g/mol. The van der Waals surface area contributed by atoms with Gasteiger partial charge in [0, 0.05) is 23.7 Å². The highest BCUT2D eigenvalue weighted by Crippen LogP contribution is 2.29. The first-order valence-electron chi connectivity index (χ1n) is 7.53. The molecule has 0 saturated carbocycles. The van der Waals surface area contributed by atoms with E-state index in [-0.39, 0.29) is 10.8 Å². The minimum atomic E-state index is -3.59. The van der Waals surface area contributed by atoms with Crippen molar-refractivity contribution in [3.63, 3.8) is 0 Å². The van der Waals surface area contributed by atoms with E-state index in [4.69, 9.17) is 4.74 Å². The number of rotatable bonds is 4. The van der Waals surface area contributed by atoms with Crippen molar-refractivity contribution in [1.29, 1.82) is 0 Å². The number of amides is 1. The fourth-order valence-corrected chi connectivity index (χ4v) is 5.34. The van der Waals surface area contributed by atoms with Gasteiger partial charge in [-0.15, -0.1) is 11.3 Å². The molecule has 6 nitrogen and oxygen atoms in total. The van der Waals surface area contributed by atoms with Gasteiger partial charge in [0.15, 0.2) is 0 Å². The van der Waals surface area contributed by atoms with Crippen molar-refractivity contribution < 1.29 is 17.9 Å². The van der Waals surface area contributed by atoms with Gasteiger partial charge >= 0.3 is 0 Å². The molecule has 0 bridgehead atoms. The van der Waals surface area contributed by atoms with Crippen LogP contribution >= 0.6 is 11.3 Å². The number of para-hydroxylation sites is 1. The Bertz CT molecular complexity index is 825. The van der Waals surface area contributed by atoms with Crippen molar-refractivity contribution in [2.45, 2.75) is 11.8 Å². The van der Waals surface area contributed by atoms with E-state index in [1.165, 1.54) is 21.7 Å². The molecule has 0 spiro atoms. The van der Waals surface area contributed by atoms with Gasteiger partial charge in [-0.05, 0) is 25.1 Å². The van der Waals surface area contributed by atoms with Crippen LogP contribution in [0.3, 0.4) is 0 Å². The second kappa shape index (κ2) is 7.02. The first-order chi connectivity index (χ1) is 11.5. The molecule has 3 rings (SSSR count). The SMILES string of the molecule is Cc1sc(C(=O)Nc2ccccc2)cc1S(=O)(=O)N1CCOCC1. The molecule has 1 aromatic heterocycles. The molecule has 1 amide bonds. The molecule has 1 saturated heterocycles. The molecular formula is C16H18N2O4S2. The minimum Gasteiger partial charge on any atom is -0.379 e. The Morgan fingerprint density at radius 2 is 1.88 bits per heavy atom. The number of carbonyl (C=O) groups excluding carboxylic acids is 1. The smallest absolute Gasteiger partial charge is 0.265 e. The van der Waals surface area contributed by atoms with E-state index < -0.39 is 10.0 Å². The van der Waals surface area contributed by atoms with Gasteiger partial charge in [0.05, 0.1) is 23.0 Å².